The van der Waals surface area contributed by atoms with Crippen LogP contribution < -0.4 is 26.6 Å². The quantitative estimate of drug-likeness (QED) is 0.0557. The van der Waals surface area contributed by atoms with Gasteiger partial charge in [-0.25, -0.2) is 0 Å². The number of hydrogen-bond acceptors (Lipinski definition) is 10. The van der Waals surface area contributed by atoms with E-state index in [0.717, 1.165) is 16.3 Å². The molecule has 1 saturated heterocycles. The summed E-state index contributed by atoms with van der Waals surface area (Å²) in [6, 6.07) is 16.5. The van der Waals surface area contributed by atoms with Crippen LogP contribution in [-0.2, 0) is 57.5 Å². The average molecular weight is 956 g/mol. The van der Waals surface area contributed by atoms with Crippen molar-refractivity contribution in [2.24, 2.45) is 0 Å². The summed E-state index contributed by atoms with van der Waals surface area (Å²) < 4.78 is 32.2. The van der Waals surface area contributed by atoms with E-state index in [0.29, 0.717) is 24.0 Å². The summed E-state index contributed by atoms with van der Waals surface area (Å²) in [5.41, 5.74) is 1.07. The van der Waals surface area contributed by atoms with Crippen LogP contribution in [0.4, 0.5) is 0 Å². The Kier molecular flexibility index (Phi) is 18.3. The molecular formula is C49H61N7O11S. The van der Waals surface area contributed by atoms with Gasteiger partial charge >= 0.3 is 5.97 Å². The lowest BCUT2D eigenvalue weighted by molar-refractivity contribution is -0.142. The SMILES string of the molecule is CCC[C@H](NC(=O)[C@H](Cc1ccc(CS(=O)(=O)O)cc1)NC(=O)c1cccnc1)C(=O)N1CCC[C@H]1C(=O)N[C@@H](Cc1cccc2ccccc12)C(=O)N[C@@H](CCCC(=O)O)C(=O)NC(C)(C)C. The minimum atomic E-state index is -4.30. The lowest BCUT2D eigenvalue weighted by atomic mass is 9.97. The van der Waals surface area contributed by atoms with Crippen LogP contribution in [-0.4, -0.2) is 112 Å². The number of pyridine rings is 1. The molecule has 1 aliphatic heterocycles. The lowest BCUT2D eigenvalue weighted by Crippen LogP contribution is -2.59. The van der Waals surface area contributed by atoms with Crippen LogP contribution in [0.1, 0.15) is 99.7 Å². The number of carboxylic acid groups (broad SMARTS) is 1. The minimum absolute atomic E-state index is 0.00621. The summed E-state index contributed by atoms with van der Waals surface area (Å²) >= 11 is 0. The van der Waals surface area contributed by atoms with Crippen LogP contribution in [0.5, 0.6) is 0 Å². The third kappa shape index (κ3) is 15.7. The van der Waals surface area contributed by atoms with Gasteiger partial charge in [0.05, 0.1) is 5.56 Å². The molecule has 1 fully saturated rings. The number of carbonyl (C=O) groups is 7. The highest BCUT2D eigenvalue weighted by atomic mass is 32.2. The monoisotopic (exact) mass is 955 g/mol. The largest absolute Gasteiger partial charge is 0.481 e. The smallest absolute Gasteiger partial charge is 0.303 e. The lowest BCUT2D eigenvalue weighted by Gasteiger charge is -2.31. The maximum Gasteiger partial charge on any atom is 0.303 e. The molecule has 364 valence electrons. The van der Waals surface area contributed by atoms with E-state index >= 15 is 0 Å². The Morgan fingerprint density at radius 3 is 2.07 bits per heavy atom. The molecule has 6 amide bonds. The normalized spacial score (nSPS) is 15.6. The van der Waals surface area contributed by atoms with Gasteiger partial charge in [0, 0.05) is 43.7 Å². The Morgan fingerprint density at radius 1 is 0.765 bits per heavy atom. The van der Waals surface area contributed by atoms with E-state index in [9.17, 15) is 51.6 Å². The summed E-state index contributed by atoms with van der Waals surface area (Å²) in [4.78, 5) is 101. The molecule has 0 aliphatic carbocycles. The van der Waals surface area contributed by atoms with Crippen molar-refractivity contribution in [1.82, 2.24) is 36.5 Å². The fraction of sp³-hybridized carbons (Fsp3) is 0.429. The Bertz CT molecular complexity index is 2550. The molecule has 5 rings (SSSR count). The molecule has 0 unspecified atom stereocenters. The number of nitrogens with one attached hydrogen (secondary N) is 5. The number of hydrogen-bond donors (Lipinski definition) is 7. The number of aromatic nitrogens is 1. The average Bonchev–Trinajstić information content (AvgIpc) is 3.78. The molecule has 18 nitrogen and oxygen atoms in total. The molecule has 0 saturated carbocycles. The zero-order valence-corrected chi connectivity index (χ0v) is 39.5. The summed E-state index contributed by atoms with van der Waals surface area (Å²) in [7, 11) is -4.30. The van der Waals surface area contributed by atoms with E-state index < -0.39 is 93.0 Å². The van der Waals surface area contributed by atoms with Gasteiger partial charge in [-0.05, 0) is 92.5 Å². The van der Waals surface area contributed by atoms with Crippen molar-refractivity contribution in [3.05, 3.63) is 114 Å². The van der Waals surface area contributed by atoms with E-state index in [1.165, 1.54) is 35.5 Å². The standard InChI is InChI=1S/C49H61N7O11S/c1-5-12-38(52-44(60)39(53-43(59)35-16-10-25-50-29-35)27-31-21-23-32(24-22-31)30-68(65,66)67)48(64)56-26-11-19-41(56)47(63)54-40(28-34-15-8-14-33-13-6-7-17-36(33)34)45(61)51-37(18-9-20-42(57)58)46(62)55-49(2,3)4/h6-8,10,13-17,21-25,29,37-41H,5,9,11-12,18-20,26-28,30H2,1-4H3,(H,51,61)(H,52,60)(H,53,59)(H,54,63)(H,55,62)(H,57,58)(H,65,66,67)/t37-,38-,39-,40-,41-/m0/s1. The third-order valence-corrected chi connectivity index (χ3v) is 12.0. The summed E-state index contributed by atoms with van der Waals surface area (Å²) in [6.45, 7) is 7.31. The third-order valence-electron chi connectivity index (χ3n) is 11.3. The highest BCUT2D eigenvalue weighted by Crippen LogP contribution is 2.23. The first-order valence-corrected chi connectivity index (χ1v) is 24.3. The first-order valence-electron chi connectivity index (χ1n) is 22.7. The summed E-state index contributed by atoms with van der Waals surface area (Å²) in [5, 5.41) is 25.1. The van der Waals surface area contributed by atoms with E-state index in [2.05, 4.69) is 31.6 Å². The van der Waals surface area contributed by atoms with Gasteiger partial charge < -0.3 is 36.6 Å². The van der Waals surface area contributed by atoms with Crippen molar-refractivity contribution in [1.29, 1.82) is 0 Å². The zero-order valence-electron chi connectivity index (χ0n) is 38.7. The van der Waals surface area contributed by atoms with Gasteiger partial charge in [-0.2, -0.15) is 8.42 Å². The van der Waals surface area contributed by atoms with Crippen LogP contribution in [0, 0.1) is 0 Å². The van der Waals surface area contributed by atoms with Gasteiger partial charge in [0.15, 0.2) is 0 Å². The molecule has 7 N–H and O–H groups in total. The van der Waals surface area contributed by atoms with Crippen LogP contribution in [0.25, 0.3) is 10.8 Å². The molecular weight excluding hydrogens is 895 g/mol. The van der Waals surface area contributed by atoms with Gasteiger partial charge in [-0.3, -0.25) is 43.1 Å². The van der Waals surface area contributed by atoms with Crippen LogP contribution in [0.3, 0.4) is 0 Å². The molecule has 2 heterocycles. The fourth-order valence-corrected chi connectivity index (χ4v) is 8.72. The number of fused-ring (bicyclic) bond motifs is 1. The van der Waals surface area contributed by atoms with Crippen LogP contribution >= 0.6 is 0 Å². The predicted molar refractivity (Wildman–Crippen MR) is 253 cm³/mol. The highest BCUT2D eigenvalue weighted by Gasteiger charge is 2.40. The molecule has 3 aromatic carbocycles. The molecule has 5 atom stereocenters. The van der Waals surface area contributed by atoms with Crippen molar-refractivity contribution in [2.45, 2.75) is 127 Å². The van der Waals surface area contributed by atoms with Gasteiger partial charge in [0.2, 0.25) is 29.5 Å². The number of likely N-dealkylation sites (tertiary alicyclic amines) is 1. The summed E-state index contributed by atoms with van der Waals surface area (Å²) in [6.07, 6.45) is 3.95. The molecule has 19 heteroatoms. The van der Waals surface area contributed by atoms with E-state index in [1.54, 1.807) is 39.0 Å². The van der Waals surface area contributed by atoms with Gasteiger partial charge in [0.1, 0.15) is 36.0 Å². The predicted octanol–water partition coefficient (Wildman–Crippen LogP) is 3.62. The number of carbonyl (C=O) groups excluding carboxylic acids is 6. The Balaban J connectivity index is 1.38. The topological polar surface area (TPSA) is 270 Å². The Labute approximate surface area is 396 Å². The van der Waals surface area contributed by atoms with Crippen LogP contribution in [0.15, 0.2) is 91.3 Å². The highest BCUT2D eigenvalue weighted by molar-refractivity contribution is 7.85. The molecule has 4 aromatic rings. The van der Waals surface area contributed by atoms with E-state index in [4.69, 9.17) is 0 Å². The number of benzene rings is 3. The molecule has 68 heavy (non-hydrogen) atoms. The second-order valence-corrected chi connectivity index (χ2v) is 19.5. The second kappa shape index (κ2) is 23.8. The van der Waals surface area contributed by atoms with Gasteiger partial charge in [0.25, 0.3) is 16.0 Å². The zero-order chi connectivity index (χ0) is 49.6. The number of amides is 6. The molecule has 0 radical (unpaired) electrons. The van der Waals surface area contributed by atoms with Crippen LogP contribution in [0.2, 0.25) is 0 Å². The van der Waals surface area contributed by atoms with Gasteiger partial charge in [-0.1, -0.05) is 80.1 Å². The molecule has 0 spiro atoms. The molecule has 1 aromatic heterocycles. The minimum Gasteiger partial charge on any atom is -0.481 e. The number of nitrogens with zero attached hydrogens (tertiary/aromatic N) is 2. The maximum absolute atomic E-state index is 14.5. The Hall–Kier alpha value is -6.73. The number of aliphatic carboxylic acids is 1. The van der Waals surface area contributed by atoms with Crippen molar-refractivity contribution >= 4 is 62.3 Å². The molecule has 0 bridgehead atoms. The Morgan fingerprint density at radius 2 is 1.43 bits per heavy atom. The van der Waals surface area contributed by atoms with Crippen molar-refractivity contribution in [3.8, 4) is 0 Å². The van der Waals surface area contributed by atoms with E-state index in [-0.39, 0.29) is 57.1 Å². The fourth-order valence-electron chi connectivity index (χ4n) is 8.11. The maximum atomic E-state index is 14.5. The first kappa shape index (κ1) is 52.2. The first-order chi connectivity index (χ1) is 32.2. The molecule has 1 aliphatic rings. The summed E-state index contributed by atoms with van der Waals surface area (Å²) in [5.74, 6) is -5.35. The number of rotatable bonds is 22. The number of carboxylic acids is 1. The van der Waals surface area contributed by atoms with Crippen molar-refractivity contribution < 1.29 is 51.6 Å². The van der Waals surface area contributed by atoms with E-state index in [1.807, 2.05) is 49.4 Å². The van der Waals surface area contributed by atoms with Crippen molar-refractivity contribution in [2.75, 3.05) is 6.54 Å². The second-order valence-electron chi connectivity index (χ2n) is 18.0. The van der Waals surface area contributed by atoms with Gasteiger partial charge in [-0.15, -0.1) is 0 Å². The van der Waals surface area contributed by atoms with Crippen molar-refractivity contribution in [3.63, 3.8) is 0 Å².